The van der Waals surface area contributed by atoms with Crippen molar-refractivity contribution in [2.45, 2.75) is 0 Å². The molecule has 7 aromatic rings. The van der Waals surface area contributed by atoms with Crippen LogP contribution in [0.5, 0.6) is 0 Å². The topological polar surface area (TPSA) is 17.0 Å². The lowest BCUT2D eigenvalue weighted by Gasteiger charge is -2.13. The fraction of sp³-hybridized carbons (Fsp3) is 0. The van der Waals surface area contributed by atoms with E-state index in [1.165, 1.54) is 54.8 Å². The second-order valence-electron chi connectivity index (χ2n) is 9.48. The molecule has 0 amide bonds. The zero-order valence-electron chi connectivity index (χ0n) is 19.6. The molecule has 0 fully saturated rings. The number of benzene rings is 6. The Morgan fingerprint density at radius 1 is 0.417 bits per heavy atom. The average Bonchev–Trinajstić information content (AvgIpc) is 3.45. The monoisotopic (exact) mass is 458 g/mol. The van der Waals surface area contributed by atoms with Gasteiger partial charge in [0.1, 0.15) is 0 Å². The van der Waals surface area contributed by atoms with Crippen LogP contribution in [0, 0.1) is 0 Å². The lowest BCUT2D eigenvalue weighted by molar-refractivity contribution is 1.18. The molecule has 0 saturated heterocycles. The number of rotatable bonds is 3. The quantitative estimate of drug-likeness (QED) is 0.279. The smallest absolute Gasteiger partial charge is 0.0541 e. The molecule has 0 radical (unpaired) electrons. The van der Waals surface area contributed by atoms with Crippen molar-refractivity contribution < 1.29 is 0 Å². The van der Waals surface area contributed by atoms with Crippen LogP contribution in [0.1, 0.15) is 0 Å². The number of hydrogen-bond acceptors (Lipinski definition) is 1. The largest absolute Gasteiger partial charge is 0.355 e. The molecule has 2 heteroatoms. The van der Waals surface area contributed by atoms with Gasteiger partial charge in [-0.15, -0.1) is 0 Å². The van der Waals surface area contributed by atoms with Crippen LogP contribution in [-0.4, -0.2) is 4.57 Å². The van der Waals surface area contributed by atoms with Gasteiger partial charge < -0.3 is 9.88 Å². The zero-order valence-corrected chi connectivity index (χ0v) is 19.6. The highest BCUT2D eigenvalue weighted by Crippen LogP contribution is 2.48. The van der Waals surface area contributed by atoms with Crippen molar-refractivity contribution in [1.29, 1.82) is 0 Å². The third kappa shape index (κ3) is 2.67. The summed E-state index contributed by atoms with van der Waals surface area (Å²) in [6.45, 7) is 0. The van der Waals surface area contributed by atoms with Crippen molar-refractivity contribution in [1.82, 2.24) is 4.57 Å². The molecule has 1 N–H and O–H groups in total. The van der Waals surface area contributed by atoms with Crippen LogP contribution in [-0.2, 0) is 0 Å². The molecular weight excluding hydrogens is 436 g/mol. The molecule has 8 rings (SSSR count). The molecule has 0 bridgehead atoms. The third-order valence-corrected chi connectivity index (χ3v) is 7.53. The van der Waals surface area contributed by atoms with E-state index in [1.807, 2.05) is 0 Å². The summed E-state index contributed by atoms with van der Waals surface area (Å²) in [5.41, 5.74) is 11.1. The second kappa shape index (κ2) is 7.34. The minimum Gasteiger partial charge on any atom is -0.355 e. The van der Waals surface area contributed by atoms with E-state index < -0.39 is 0 Å². The highest BCUT2D eigenvalue weighted by atomic mass is 15.0. The fourth-order valence-corrected chi connectivity index (χ4v) is 5.97. The Morgan fingerprint density at radius 2 is 0.972 bits per heavy atom. The Balaban J connectivity index is 1.21. The predicted molar refractivity (Wildman–Crippen MR) is 152 cm³/mol. The summed E-state index contributed by atoms with van der Waals surface area (Å²) in [5, 5.41) is 8.85. The number of nitrogens with zero attached hydrogens (tertiary/aromatic N) is 1. The Morgan fingerprint density at radius 3 is 1.67 bits per heavy atom. The van der Waals surface area contributed by atoms with Crippen LogP contribution in [0.25, 0.3) is 60.5 Å². The highest BCUT2D eigenvalue weighted by molar-refractivity contribution is 6.18. The minimum atomic E-state index is 1.08. The summed E-state index contributed by atoms with van der Waals surface area (Å²) >= 11 is 0. The van der Waals surface area contributed by atoms with Crippen LogP contribution in [0.2, 0.25) is 0 Å². The zero-order chi connectivity index (χ0) is 23.6. The van der Waals surface area contributed by atoms with E-state index >= 15 is 0 Å². The van der Waals surface area contributed by atoms with E-state index in [4.69, 9.17) is 0 Å². The standard InChI is InChI=1S/C34H22N2/c1-2-9-25-24(8-1)28-12-7-13-30-31(21-20-29(25)34(28)30)35-22-16-18-23(19-17-22)36-32-14-5-3-10-26(32)27-11-4-6-15-33(27)36/h1-21,35H. The molecule has 1 aliphatic rings. The molecule has 0 unspecified atom stereocenters. The number of nitrogens with one attached hydrogen (secondary N) is 1. The lowest BCUT2D eigenvalue weighted by Crippen LogP contribution is -1.96. The maximum atomic E-state index is 3.69. The third-order valence-electron chi connectivity index (χ3n) is 7.53. The van der Waals surface area contributed by atoms with Gasteiger partial charge in [-0.25, -0.2) is 0 Å². The molecule has 6 aromatic carbocycles. The van der Waals surface area contributed by atoms with E-state index in [1.54, 1.807) is 0 Å². The van der Waals surface area contributed by atoms with Gasteiger partial charge in [0.2, 0.25) is 0 Å². The van der Waals surface area contributed by atoms with Crippen LogP contribution < -0.4 is 5.32 Å². The molecule has 1 aliphatic carbocycles. The van der Waals surface area contributed by atoms with Crippen LogP contribution in [0.15, 0.2) is 127 Å². The van der Waals surface area contributed by atoms with Crippen molar-refractivity contribution in [3.05, 3.63) is 127 Å². The SMILES string of the molecule is c1ccc2c(c1)-c1cccc3c(Nc4ccc(-n5c6ccccc6c6ccccc65)cc4)ccc-2c13. The summed E-state index contributed by atoms with van der Waals surface area (Å²) in [7, 11) is 0. The summed E-state index contributed by atoms with van der Waals surface area (Å²) < 4.78 is 2.35. The van der Waals surface area contributed by atoms with Crippen LogP contribution in [0.3, 0.4) is 0 Å². The van der Waals surface area contributed by atoms with E-state index in [-0.39, 0.29) is 0 Å². The van der Waals surface area contributed by atoms with Crippen LogP contribution in [0.4, 0.5) is 11.4 Å². The van der Waals surface area contributed by atoms with Gasteiger partial charge in [0.25, 0.3) is 0 Å². The average molecular weight is 459 g/mol. The summed E-state index contributed by atoms with van der Waals surface area (Å²) in [6, 6.07) is 45.8. The molecule has 36 heavy (non-hydrogen) atoms. The Kier molecular flexibility index (Phi) is 3.97. The summed E-state index contributed by atoms with van der Waals surface area (Å²) in [5.74, 6) is 0. The Hall–Kier alpha value is -4.82. The minimum absolute atomic E-state index is 1.08. The first kappa shape index (κ1) is 19.5. The maximum absolute atomic E-state index is 3.69. The normalized spacial score (nSPS) is 11.9. The van der Waals surface area contributed by atoms with Gasteiger partial charge in [0.15, 0.2) is 0 Å². The van der Waals surface area contributed by atoms with E-state index in [0.717, 1.165) is 17.1 Å². The number of hydrogen-bond donors (Lipinski definition) is 1. The molecule has 0 aliphatic heterocycles. The van der Waals surface area contributed by atoms with Crippen molar-refractivity contribution in [2.24, 2.45) is 0 Å². The van der Waals surface area contributed by atoms with Gasteiger partial charge in [0.05, 0.1) is 11.0 Å². The van der Waals surface area contributed by atoms with E-state index in [9.17, 15) is 0 Å². The highest BCUT2D eigenvalue weighted by Gasteiger charge is 2.21. The second-order valence-corrected chi connectivity index (χ2v) is 9.48. The van der Waals surface area contributed by atoms with Crippen molar-refractivity contribution in [3.8, 4) is 27.9 Å². The number of fused-ring (bicyclic) bond motifs is 6. The maximum Gasteiger partial charge on any atom is 0.0541 e. The first-order valence-corrected chi connectivity index (χ1v) is 12.4. The van der Waals surface area contributed by atoms with Gasteiger partial charge >= 0.3 is 0 Å². The molecular formula is C34H22N2. The summed E-state index contributed by atoms with van der Waals surface area (Å²) in [6.07, 6.45) is 0. The molecule has 0 saturated carbocycles. The first-order valence-electron chi connectivity index (χ1n) is 12.4. The van der Waals surface area contributed by atoms with Crippen LogP contribution >= 0.6 is 0 Å². The summed E-state index contributed by atoms with van der Waals surface area (Å²) in [4.78, 5) is 0. The van der Waals surface area contributed by atoms with Crippen molar-refractivity contribution in [2.75, 3.05) is 5.32 Å². The van der Waals surface area contributed by atoms with Gasteiger partial charge in [-0.05, 0) is 70.1 Å². The first-order chi connectivity index (χ1) is 17.9. The lowest BCUT2D eigenvalue weighted by atomic mass is 10.0. The molecule has 168 valence electrons. The number of para-hydroxylation sites is 2. The number of anilines is 2. The van der Waals surface area contributed by atoms with Gasteiger partial charge in [0, 0.05) is 33.2 Å². The van der Waals surface area contributed by atoms with Crippen molar-refractivity contribution in [3.63, 3.8) is 0 Å². The van der Waals surface area contributed by atoms with Gasteiger partial charge in [-0.3, -0.25) is 0 Å². The van der Waals surface area contributed by atoms with E-state index in [2.05, 4.69) is 137 Å². The molecule has 0 atom stereocenters. The number of aromatic nitrogens is 1. The fourth-order valence-electron chi connectivity index (χ4n) is 5.97. The van der Waals surface area contributed by atoms with E-state index in [0.29, 0.717) is 0 Å². The van der Waals surface area contributed by atoms with Gasteiger partial charge in [-0.1, -0.05) is 84.9 Å². The Bertz CT molecular complexity index is 1880. The molecule has 2 nitrogen and oxygen atoms in total. The molecule has 1 aromatic heterocycles. The molecule has 0 spiro atoms. The predicted octanol–water partition coefficient (Wildman–Crippen LogP) is 9.33. The Labute approximate surface area is 209 Å². The van der Waals surface area contributed by atoms with Crippen molar-refractivity contribution >= 4 is 44.0 Å². The van der Waals surface area contributed by atoms with Gasteiger partial charge in [-0.2, -0.15) is 0 Å². The molecule has 1 heterocycles.